The van der Waals surface area contributed by atoms with Crippen LogP contribution in [0.3, 0.4) is 0 Å². The molecule has 0 saturated carbocycles. The predicted molar refractivity (Wildman–Crippen MR) is 69.9 cm³/mol. The first-order chi connectivity index (χ1) is 9.19. The van der Waals surface area contributed by atoms with E-state index in [1.807, 2.05) is 17.0 Å². The number of carboxylic acids is 1. The Morgan fingerprint density at radius 2 is 2.21 bits per heavy atom. The van der Waals surface area contributed by atoms with Crippen molar-refractivity contribution in [2.45, 2.75) is 6.42 Å². The van der Waals surface area contributed by atoms with Crippen LogP contribution in [0.2, 0.25) is 0 Å². The first kappa shape index (κ1) is 13.3. The van der Waals surface area contributed by atoms with E-state index in [-0.39, 0.29) is 6.54 Å². The Labute approximate surface area is 111 Å². The molecule has 1 aliphatic rings. The van der Waals surface area contributed by atoms with Crippen LogP contribution in [-0.2, 0) is 4.79 Å². The van der Waals surface area contributed by atoms with Gasteiger partial charge < -0.3 is 10.0 Å². The van der Waals surface area contributed by atoms with Crippen LogP contribution in [0.25, 0.3) is 0 Å². The molecule has 2 rings (SSSR count). The van der Waals surface area contributed by atoms with Crippen molar-refractivity contribution in [3.8, 4) is 6.07 Å². The summed E-state index contributed by atoms with van der Waals surface area (Å²) < 4.78 is 0. The third-order valence-electron chi connectivity index (χ3n) is 3.15. The van der Waals surface area contributed by atoms with Crippen LogP contribution in [0, 0.1) is 11.3 Å². The lowest BCUT2D eigenvalue weighted by molar-refractivity contribution is -0.138. The lowest BCUT2D eigenvalue weighted by Crippen LogP contribution is -2.34. The van der Waals surface area contributed by atoms with Crippen molar-refractivity contribution >= 4 is 11.8 Å². The van der Waals surface area contributed by atoms with Crippen LogP contribution in [0.5, 0.6) is 0 Å². The zero-order valence-electron chi connectivity index (χ0n) is 10.6. The molecule has 1 aromatic heterocycles. The van der Waals surface area contributed by atoms with E-state index in [2.05, 4.69) is 9.88 Å². The zero-order valence-corrected chi connectivity index (χ0v) is 10.6. The summed E-state index contributed by atoms with van der Waals surface area (Å²) in [6.07, 6.45) is 2.48. The van der Waals surface area contributed by atoms with Gasteiger partial charge in [0.15, 0.2) is 0 Å². The number of nitrogens with zero attached hydrogens (tertiary/aromatic N) is 4. The number of hydrogen-bond acceptors (Lipinski definition) is 5. The summed E-state index contributed by atoms with van der Waals surface area (Å²) in [4.78, 5) is 19.0. The Morgan fingerprint density at radius 1 is 1.37 bits per heavy atom. The van der Waals surface area contributed by atoms with E-state index < -0.39 is 5.97 Å². The highest BCUT2D eigenvalue weighted by Crippen LogP contribution is 2.14. The van der Waals surface area contributed by atoms with Crippen LogP contribution < -0.4 is 4.90 Å². The van der Waals surface area contributed by atoms with Gasteiger partial charge in [0.2, 0.25) is 0 Å². The number of aliphatic carboxylic acids is 1. The molecule has 0 aromatic carbocycles. The monoisotopic (exact) mass is 260 g/mol. The molecular formula is C13H16N4O2. The maximum absolute atomic E-state index is 10.7. The van der Waals surface area contributed by atoms with Crippen molar-refractivity contribution in [1.82, 2.24) is 9.88 Å². The number of aromatic nitrogens is 1. The van der Waals surface area contributed by atoms with E-state index in [9.17, 15) is 4.79 Å². The number of nitriles is 1. The molecule has 1 aromatic rings. The highest BCUT2D eigenvalue weighted by molar-refractivity contribution is 5.69. The number of anilines is 1. The Balaban J connectivity index is 1.98. The second-order valence-corrected chi connectivity index (χ2v) is 4.53. The topological polar surface area (TPSA) is 80.5 Å². The minimum atomic E-state index is -0.787. The highest BCUT2D eigenvalue weighted by atomic mass is 16.4. The maximum Gasteiger partial charge on any atom is 0.317 e. The first-order valence-electron chi connectivity index (χ1n) is 6.24. The third kappa shape index (κ3) is 3.66. The second-order valence-electron chi connectivity index (χ2n) is 4.53. The second kappa shape index (κ2) is 6.16. The molecule has 0 atom stereocenters. The van der Waals surface area contributed by atoms with Gasteiger partial charge in [0.1, 0.15) is 11.9 Å². The van der Waals surface area contributed by atoms with Crippen molar-refractivity contribution < 1.29 is 9.90 Å². The van der Waals surface area contributed by atoms with Gasteiger partial charge in [-0.2, -0.15) is 5.26 Å². The molecule has 0 aliphatic carbocycles. The van der Waals surface area contributed by atoms with E-state index >= 15 is 0 Å². The molecule has 100 valence electrons. The minimum Gasteiger partial charge on any atom is -0.480 e. The number of rotatable bonds is 3. The Kier molecular flexibility index (Phi) is 4.31. The molecule has 0 radical (unpaired) electrons. The molecule has 1 N–H and O–H groups in total. The SMILES string of the molecule is N#Cc1ccc(N2CCCN(CC(=O)O)CC2)nc1. The summed E-state index contributed by atoms with van der Waals surface area (Å²) in [6.45, 7) is 3.21. The van der Waals surface area contributed by atoms with E-state index in [4.69, 9.17) is 10.4 Å². The van der Waals surface area contributed by atoms with Gasteiger partial charge in [-0.25, -0.2) is 4.98 Å². The zero-order chi connectivity index (χ0) is 13.7. The molecule has 1 fully saturated rings. The van der Waals surface area contributed by atoms with E-state index in [0.29, 0.717) is 12.1 Å². The first-order valence-corrected chi connectivity index (χ1v) is 6.24. The molecular weight excluding hydrogens is 244 g/mol. The Bertz CT molecular complexity index is 480. The van der Waals surface area contributed by atoms with Crippen molar-refractivity contribution in [1.29, 1.82) is 5.26 Å². The van der Waals surface area contributed by atoms with Crippen LogP contribution in [0.1, 0.15) is 12.0 Å². The average Bonchev–Trinajstić information content (AvgIpc) is 2.64. The molecule has 2 heterocycles. The number of carbonyl (C=O) groups is 1. The lowest BCUT2D eigenvalue weighted by atomic mass is 10.3. The highest BCUT2D eigenvalue weighted by Gasteiger charge is 2.17. The molecule has 1 saturated heterocycles. The summed E-state index contributed by atoms with van der Waals surface area (Å²) in [7, 11) is 0. The fraction of sp³-hybridized carbons (Fsp3) is 0.462. The molecule has 6 heteroatoms. The number of hydrogen-bond donors (Lipinski definition) is 1. The van der Waals surface area contributed by atoms with Crippen LogP contribution in [0.4, 0.5) is 5.82 Å². The summed E-state index contributed by atoms with van der Waals surface area (Å²) >= 11 is 0. The van der Waals surface area contributed by atoms with Gasteiger partial charge in [-0.15, -0.1) is 0 Å². The maximum atomic E-state index is 10.7. The van der Waals surface area contributed by atoms with E-state index in [1.165, 1.54) is 0 Å². The Morgan fingerprint density at radius 3 is 2.84 bits per heavy atom. The van der Waals surface area contributed by atoms with Gasteiger partial charge in [0, 0.05) is 32.4 Å². The van der Waals surface area contributed by atoms with Crippen molar-refractivity contribution in [3.63, 3.8) is 0 Å². The minimum absolute atomic E-state index is 0.0919. The quantitative estimate of drug-likeness (QED) is 0.854. The predicted octanol–water partition coefficient (Wildman–Crippen LogP) is 0.550. The largest absolute Gasteiger partial charge is 0.480 e. The van der Waals surface area contributed by atoms with Gasteiger partial charge in [-0.05, 0) is 18.6 Å². The third-order valence-corrected chi connectivity index (χ3v) is 3.15. The normalized spacial score (nSPS) is 16.7. The molecule has 0 unspecified atom stereocenters. The number of carboxylic acid groups (broad SMARTS) is 1. The van der Waals surface area contributed by atoms with E-state index in [0.717, 1.165) is 31.9 Å². The smallest absolute Gasteiger partial charge is 0.317 e. The van der Waals surface area contributed by atoms with Crippen molar-refractivity contribution in [2.24, 2.45) is 0 Å². The van der Waals surface area contributed by atoms with Crippen LogP contribution in [0.15, 0.2) is 18.3 Å². The van der Waals surface area contributed by atoms with Crippen LogP contribution in [-0.4, -0.2) is 53.7 Å². The fourth-order valence-corrected chi connectivity index (χ4v) is 2.19. The molecule has 0 spiro atoms. The molecule has 0 amide bonds. The molecule has 6 nitrogen and oxygen atoms in total. The fourth-order valence-electron chi connectivity index (χ4n) is 2.19. The lowest BCUT2D eigenvalue weighted by Gasteiger charge is -2.21. The average molecular weight is 260 g/mol. The van der Waals surface area contributed by atoms with Crippen molar-refractivity contribution in [3.05, 3.63) is 23.9 Å². The molecule has 0 bridgehead atoms. The summed E-state index contributed by atoms with van der Waals surface area (Å²) in [5.74, 6) is 0.0566. The van der Waals surface area contributed by atoms with E-state index in [1.54, 1.807) is 12.3 Å². The molecule has 1 aliphatic heterocycles. The summed E-state index contributed by atoms with van der Waals surface area (Å²) in [6, 6.07) is 5.63. The van der Waals surface area contributed by atoms with Crippen molar-refractivity contribution in [2.75, 3.05) is 37.6 Å². The Hall–Kier alpha value is -2.13. The van der Waals surface area contributed by atoms with Crippen LogP contribution >= 0.6 is 0 Å². The standard InChI is InChI=1S/C13H16N4O2/c14-8-11-2-3-12(15-9-11)17-5-1-4-16(6-7-17)10-13(18)19/h2-3,9H,1,4-7,10H2,(H,18,19). The number of pyridine rings is 1. The van der Waals surface area contributed by atoms with Gasteiger partial charge >= 0.3 is 5.97 Å². The molecule has 19 heavy (non-hydrogen) atoms. The van der Waals surface area contributed by atoms with Gasteiger partial charge in [-0.1, -0.05) is 0 Å². The van der Waals surface area contributed by atoms with Gasteiger partial charge in [-0.3, -0.25) is 9.69 Å². The summed E-state index contributed by atoms with van der Waals surface area (Å²) in [5.41, 5.74) is 0.547. The summed E-state index contributed by atoms with van der Waals surface area (Å²) in [5, 5.41) is 17.5. The van der Waals surface area contributed by atoms with Gasteiger partial charge in [0.25, 0.3) is 0 Å². The van der Waals surface area contributed by atoms with Gasteiger partial charge in [0.05, 0.1) is 12.1 Å².